The van der Waals surface area contributed by atoms with Crippen molar-refractivity contribution in [3.8, 4) is 5.75 Å². The third kappa shape index (κ3) is 5.65. The van der Waals surface area contributed by atoms with Gasteiger partial charge in [-0.2, -0.15) is 0 Å². The van der Waals surface area contributed by atoms with E-state index in [0.29, 0.717) is 44.9 Å². The maximum atomic E-state index is 12.6. The fourth-order valence-electron chi connectivity index (χ4n) is 2.78. The Kier molecular flexibility index (Phi) is 7.03. The second-order valence-corrected chi connectivity index (χ2v) is 10.0. The lowest BCUT2D eigenvalue weighted by Gasteiger charge is -2.30. The van der Waals surface area contributed by atoms with Gasteiger partial charge in [-0.1, -0.05) is 0 Å². The highest BCUT2D eigenvalue weighted by Crippen LogP contribution is 2.23. The highest BCUT2D eigenvalue weighted by atomic mass is 32.2. The lowest BCUT2D eigenvalue weighted by Crippen LogP contribution is -2.46. The van der Waals surface area contributed by atoms with Gasteiger partial charge in [0.05, 0.1) is 17.8 Å². The molecule has 0 atom stereocenters. The van der Waals surface area contributed by atoms with E-state index in [-0.39, 0.29) is 10.9 Å². The molecule has 0 amide bonds. The van der Waals surface area contributed by atoms with Gasteiger partial charge in [-0.05, 0) is 43.5 Å². The molecule has 1 N–H and O–H groups in total. The van der Waals surface area contributed by atoms with Gasteiger partial charge in [-0.3, -0.25) is 0 Å². The predicted octanol–water partition coefficient (Wildman–Crippen LogP) is 0.723. The van der Waals surface area contributed by atoms with E-state index in [9.17, 15) is 16.8 Å². The van der Waals surface area contributed by atoms with E-state index in [0.717, 1.165) is 11.8 Å². The summed E-state index contributed by atoms with van der Waals surface area (Å²) in [4.78, 5) is 0.166. The van der Waals surface area contributed by atoms with Crippen molar-refractivity contribution in [1.29, 1.82) is 0 Å². The van der Waals surface area contributed by atoms with Gasteiger partial charge < -0.3 is 9.47 Å². The third-order valence-electron chi connectivity index (χ3n) is 4.25. The average molecular weight is 407 g/mol. The molecule has 0 spiro atoms. The summed E-state index contributed by atoms with van der Waals surface area (Å²) in [6.45, 7) is 3.26. The first kappa shape index (κ1) is 21.1. The highest BCUT2D eigenvalue weighted by Gasteiger charge is 2.28. The Balaban J connectivity index is 2.01. The van der Waals surface area contributed by atoms with E-state index in [2.05, 4.69) is 4.72 Å². The van der Waals surface area contributed by atoms with Crippen LogP contribution in [-0.2, 0) is 24.8 Å². The third-order valence-corrected chi connectivity index (χ3v) is 7.07. The Hall–Kier alpha value is -1.20. The van der Waals surface area contributed by atoms with Crippen LogP contribution in [0.3, 0.4) is 0 Å². The molecule has 0 saturated carbocycles. The van der Waals surface area contributed by atoms with Crippen molar-refractivity contribution >= 4 is 20.0 Å². The zero-order valence-electron chi connectivity index (χ0n) is 15.3. The molecule has 1 aliphatic heterocycles. The molecule has 1 aromatic rings. The number of nitrogens with one attached hydrogen (secondary N) is 1. The molecule has 26 heavy (non-hydrogen) atoms. The molecule has 1 aromatic carbocycles. The van der Waals surface area contributed by atoms with Gasteiger partial charge >= 0.3 is 0 Å². The number of aryl methyl sites for hydroxylation is 1. The fraction of sp³-hybridized carbons (Fsp3) is 0.625. The number of nitrogens with zero attached hydrogens (tertiary/aromatic N) is 1. The quantitative estimate of drug-likeness (QED) is 0.639. The Morgan fingerprint density at radius 2 is 1.81 bits per heavy atom. The summed E-state index contributed by atoms with van der Waals surface area (Å²) in [5.41, 5.74) is 0.718. The molecular formula is C16H26N2O6S2. The number of piperidine rings is 1. The SMILES string of the molecule is COCCOc1ccc(S(=O)(=O)NC2CCN(S(C)(=O)=O)CC2)cc1C. The summed E-state index contributed by atoms with van der Waals surface area (Å²) >= 11 is 0. The van der Waals surface area contributed by atoms with Crippen LogP contribution in [-0.4, -0.2) is 66.9 Å². The van der Waals surface area contributed by atoms with Gasteiger partial charge in [0, 0.05) is 26.2 Å². The fourth-order valence-corrected chi connectivity index (χ4v) is 5.04. The molecule has 0 aromatic heterocycles. The topological polar surface area (TPSA) is 102 Å². The standard InChI is InChI=1S/C16H26N2O6S2/c1-13-12-15(4-5-16(13)24-11-10-23-2)26(21,22)17-14-6-8-18(9-7-14)25(3,19)20/h4-5,12,14,17H,6-11H2,1-3H3. The van der Waals surface area contributed by atoms with Gasteiger partial charge in [0.25, 0.3) is 0 Å². The van der Waals surface area contributed by atoms with Gasteiger partial charge in [-0.25, -0.2) is 25.9 Å². The Labute approximate surface area is 155 Å². The number of rotatable bonds is 8. The number of benzene rings is 1. The molecule has 10 heteroatoms. The van der Waals surface area contributed by atoms with Gasteiger partial charge in [0.1, 0.15) is 12.4 Å². The molecule has 1 aliphatic rings. The Morgan fingerprint density at radius 3 is 2.35 bits per heavy atom. The van der Waals surface area contributed by atoms with Crippen LogP contribution in [0.5, 0.6) is 5.75 Å². The first-order chi connectivity index (χ1) is 12.1. The van der Waals surface area contributed by atoms with Crippen LogP contribution in [0.15, 0.2) is 23.1 Å². The smallest absolute Gasteiger partial charge is 0.240 e. The average Bonchev–Trinajstić information content (AvgIpc) is 2.55. The van der Waals surface area contributed by atoms with Crippen molar-refractivity contribution < 1.29 is 26.3 Å². The van der Waals surface area contributed by atoms with E-state index >= 15 is 0 Å². The summed E-state index contributed by atoms with van der Waals surface area (Å²) in [6, 6.07) is 4.42. The summed E-state index contributed by atoms with van der Waals surface area (Å²) in [7, 11) is -5.33. The van der Waals surface area contributed by atoms with E-state index < -0.39 is 20.0 Å². The van der Waals surface area contributed by atoms with Crippen molar-refractivity contribution in [3.05, 3.63) is 23.8 Å². The molecule has 148 valence electrons. The predicted molar refractivity (Wildman–Crippen MR) is 98.3 cm³/mol. The molecule has 0 bridgehead atoms. The minimum absolute atomic E-state index is 0.166. The Bertz CT molecular complexity index is 815. The molecule has 0 radical (unpaired) electrons. The van der Waals surface area contributed by atoms with E-state index in [1.807, 2.05) is 0 Å². The van der Waals surface area contributed by atoms with E-state index in [4.69, 9.17) is 9.47 Å². The Morgan fingerprint density at radius 1 is 1.15 bits per heavy atom. The van der Waals surface area contributed by atoms with E-state index in [1.165, 1.54) is 10.4 Å². The number of hydrogen-bond donors (Lipinski definition) is 1. The number of hydrogen-bond acceptors (Lipinski definition) is 6. The van der Waals surface area contributed by atoms with Gasteiger partial charge in [-0.15, -0.1) is 0 Å². The molecular weight excluding hydrogens is 380 g/mol. The van der Waals surface area contributed by atoms with Crippen LogP contribution < -0.4 is 9.46 Å². The van der Waals surface area contributed by atoms with Crippen molar-refractivity contribution in [2.75, 3.05) is 39.7 Å². The zero-order valence-corrected chi connectivity index (χ0v) is 16.9. The van der Waals surface area contributed by atoms with Crippen molar-refractivity contribution in [2.24, 2.45) is 0 Å². The van der Waals surface area contributed by atoms with Crippen LogP contribution in [0.2, 0.25) is 0 Å². The maximum Gasteiger partial charge on any atom is 0.240 e. The van der Waals surface area contributed by atoms with Crippen LogP contribution in [0.4, 0.5) is 0 Å². The van der Waals surface area contributed by atoms with Crippen LogP contribution in [0, 0.1) is 6.92 Å². The minimum Gasteiger partial charge on any atom is -0.491 e. The zero-order chi connectivity index (χ0) is 19.4. The molecule has 1 heterocycles. The van der Waals surface area contributed by atoms with Crippen molar-refractivity contribution in [2.45, 2.75) is 30.7 Å². The monoisotopic (exact) mass is 406 g/mol. The molecule has 2 rings (SSSR count). The van der Waals surface area contributed by atoms with E-state index in [1.54, 1.807) is 26.2 Å². The second-order valence-electron chi connectivity index (χ2n) is 6.33. The number of sulfonamides is 2. The summed E-state index contributed by atoms with van der Waals surface area (Å²) in [5, 5.41) is 0. The highest BCUT2D eigenvalue weighted by molar-refractivity contribution is 7.89. The van der Waals surface area contributed by atoms with Crippen LogP contribution in [0.25, 0.3) is 0 Å². The van der Waals surface area contributed by atoms with Crippen molar-refractivity contribution in [1.82, 2.24) is 9.03 Å². The first-order valence-electron chi connectivity index (χ1n) is 8.33. The van der Waals surface area contributed by atoms with Crippen LogP contribution >= 0.6 is 0 Å². The lowest BCUT2D eigenvalue weighted by molar-refractivity contribution is 0.146. The van der Waals surface area contributed by atoms with Gasteiger partial charge in [0.2, 0.25) is 20.0 Å². The molecule has 1 fully saturated rings. The number of ether oxygens (including phenoxy) is 2. The maximum absolute atomic E-state index is 12.6. The second kappa shape index (κ2) is 8.66. The lowest BCUT2D eigenvalue weighted by atomic mass is 10.1. The normalized spacial score (nSPS) is 17.3. The summed E-state index contributed by atoms with van der Waals surface area (Å²) < 4.78 is 62.8. The van der Waals surface area contributed by atoms with Gasteiger partial charge in [0.15, 0.2) is 0 Å². The molecule has 0 unspecified atom stereocenters. The minimum atomic E-state index is -3.68. The molecule has 0 aliphatic carbocycles. The van der Waals surface area contributed by atoms with Crippen molar-refractivity contribution in [3.63, 3.8) is 0 Å². The largest absolute Gasteiger partial charge is 0.491 e. The summed E-state index contributed by atoms with van der Waals surface area (Å²) in [5.74, 6) is 0.613. The first-order valence-corrected chi connectivity index (χ1v) is 11.7. The summed E-state index contributed by atoms with van der Waals surface area (Å²) in [6.07, 6.45) is 2.06. The molecule has 8 nitrogen and oxygen atoms in total. The number of methoxy groups -OCH3 is 1. The molecule has 1 saturated heterocycles. The van der Waals surface area contributed by atoms with Crippen LogP contribution in [0.1, 0.15) is 18.4 Å².